The van der Waals surface area contributed by atoms with Gasteiger partial charge in [0.25, 0.3) is 5.91 Å². The van der Waals surface area contributed by atoms with E-state index >= 15 is 0 Å². The molecule has 0 spiro atoms. The van der Waals surface area contributed by atoms with Crippen LogP contribution in [0, 0.1) is 13.8 Å². The summed E-state index contributed by atoms with van der Waals surface area (Å²) in [5.41, 5.74) is 2.09. The summed E-state index contributed by atoms with van der Waals surface area (Å²) in [5.74, 6) is -0.570. The third-order valence-corrected chi connectivity index (χ3v) is 4.08. The van der Waals surface area contributed by atoms with Crippen molar-refractivity contribution in [1.82, 2.24) is 10.2 Å². The summed E-state index contributed by atoms with van der Waals surface area (Å²) in [4.78, 5) is 22.4. The number of amides is 1. The largest absolute Gasteiger partial charge is 0.483 e. The van der Waals surface area contributed by atoms with Gasteiger partial charge in [-0.3, -0.25) is 14.9 Å². The first-order valence-corrected chi connectivity index (χ1v) is 7.80. The second kappa shape index (κ2) is 7.68. The van der Waals surface area contributed by atoms with Gasteiger partial charge in [-0.05, 0) is 31.0 Å². The Labute approximate surface area is 137 Å². The number of nitrogens with zero attached hydrogens (tertiary/aromatic N) is 2. The minimum Gasteiger partial charge on any atom is -0.483 e. The van der Waals surface area contributed by atoms with Crippen LogP contribution in [0.1, 0.15) is 22.6 Å². The SMILES string of the molecule is Cc1cccc(OCC(=O)Nc2nnc(CCC(=O)O)s2)c1C. The van der Waals surface area contributed by atoms with Crippen molar-refractivity contribution in [1.29, 1.82) is 0 Å². The van der Waals surface area contributed by atoms with E-state index in [9.17, 15) is 9.59 Å². The van der Waals surface area contributed by atoms with Crippen molar-refractivity contribution in [3.05, 3.63) is 34.3 Å². The highest BCUT2D eigenvalue weighted by Gasteiger charge is 2.11. The smallest absolute Gasteiger partial charge is 0.303 e. The number of nitrogens with one attached hydrogen (secondary N) is 1. The summed E-state index contributed by atoms with van der Waals surface area (Å²) in [6, 6.07) is 5.65. The van der Waals surface area contributed by atoms with Crippen LogP contribution in [0.15, 0.2) is 18.2 Å². The highest BCUT2D eigenvalue weighted by molar-refractivity contribution is 7.15. The van der Waals surface area contributed by atoms with Crippen LogP contribution in [0.2, 0.25) is 0 Å². The van der Waals surface area contributed by atoms with Crippen LogP contribution < -0.4 is 10.1 Å². The molecule has 7 nitrogen and oxygen atoms in total. The Balaban J connectivity index is 1.85. The molecule has 1 aromatic heterocycles. The lowest BCUT2D eigenvalue weighted by Gasteiger charge is -2.10. The van der Waals surface area contributed by atoms with E-state index in [1.54, 1.807) is 0 Å². The molecule has 23 heavy (non-hydrogen) atoms. The molecule has 0 aliphatic rings. The number of anilines is 1. The number of benzene rings is 1. The summed E-state index contributed by atoms with van der Waals surface area (Å²) in [6.45, 7) is 3.78. The maximum absolute atomic E-state index is 11.9. The molecule has 0 aliphatic heterocycles. The number of carbonyl (C=O) groups excluding carboxylic acids is 1. The van der Waals surface area contributed by atoms with Crippen LogP contribution >= 0.6 is 11.3 Å². The number of aromatic nitrogens is 2. The molecule has 0 aliphatic carbocycles. The highest BCUT2D eigenvalue weighted by Crippen LogP contribution is 2.21. The van der Waals surface area contributed by atoms with Gasteiger partial charge in [0.2, 0.25) is 5.13 Å². The fourth-order valence-corrected chi connectivity index (χ4v) is 2.55. The number of rotatable bonds is 7. The predicted octanol–water partition coefficient (Wildman–Crippen LogP) is 2.19. The molecule has 8 heteroatoms. The molecule has 0 fully saturated rings. The molecule has 0 radical (unpaired) electrons. The number of hydrogen-bond donors (Lipinski definition) is 2. The minimum absolute atomic E-state index is 0.0155. The molecule has 2 aromatic rings. The second-order valence-corrected chi connectivity index (χ2v) is 5.99. The van der Waals surface area contributed by atoms with Crippen molar-refractivity contribution in [2.45, 2.75) is 26.7 Å². The van der Waals surface area contributed by atoms with Crippen LogP contribution in [-0.2, 0) is 16.0 Å². The van der Waals surface area contributed by atoms with Crippen LogP contribution in [0.3, 0.4) is 0 Å². The molecular weight excluding hydrogens is 318 g/mol. The van der Waals surface area contributed by atoms with Gasteiger partial charge in [0, 0.05) is 6.42 Å². The highest BCUT2D eigenvalue weighted by atomic mass is 32.1. The van der Waals surface area contributed by atoms with Gasteiger partial charge in [-0.15, -0.1) is 10.2 Å². The number of carbonyl (C=O) groups is 2. The molecule has 2 rings (SSSR count). The predicted molar refractivity (Wildman–Crippen MR) is 85.9 cm³/mol. The molecule has 0 unspecified atom stereocenters. The number of hydrogen-bond acceptors (Lipinski definition) is 6. The van der Waals surface area contributed by atoms with Crippen LogP contribution in [-0.4, -0.2) is 33.8 Å². The van der Waals surface area contributed by atoms with E-state index in [1.807, 2.05) is 32.0 Å². The summed E-state index contributed by atoms with van der Waals surface area (Å²) in [5, 5.41) is 19.7. The van der Waals surface area contributed by atoms with Crippen molar-refractivity contribution in [2.75, 3.05) is 11.9 Å². The lowest BCUT2D eigenvalue weighted by Crippen LogP contribution is -2.20. The fraction of sp³-hybridized carbons (Fsp3) is 0.333. The average Bonchev–Trinajstić information content (AvgIpc) is 2.94. The van der Waals surface area contributed by atoms with Gasteiger partial charge in [0.1, 0.15) is 10.8 Å². The number of aryl methyl sites for hydroxylation is 2. The summed E-state index contributed by atoms with van der Waals surface area (Å²) < 4.78 is 5.50. The van der Waals surface area contributed by atoms with E-state index in [-0.39, 0.29) is 18.9 Å². The molecule has 0 saturated heterocycles. The maximum Gasteiger partial charge on any atom is 0.303 e. The van der Waals surface area contributed by atoms with Gasteiger partial charge in [-0.25, -0.2) is 0 Å². The van der Waals surface area contributed by atoms with Crippen LogP contribution in [0.5, 0.6) is 5.75 Å². The first kappa shape index (κ1) is 16.9. The van der Waals surface area contributed by atoms with Crippen LogP contribution in [0.4, 0.5) is 5.13 Å². The Bertz CT molecular complexity index is 714. The topological polar surface area (TPSA) is 101 Å². The van der Waals surface area contributed by atoms with Gasteiger partial charge < -0.3 is 9.84 Å². The van der Waals surface area contributed by atoms with Gasteiger partial charge in [-0.1, -0.05) is 23.5 Å². The number of carboxylic acids is 1. The summed E-state index contributed by atoms with van der Waals surface area (Å²) in [6.07, 6.45) is 0.278. The Morgan fingerprint density at radius 3 is 2.83 bits per heavy atom. The lowest BCUT2D eigenvalue weighted by atomic mass is 10.1. The molecule has 2 N–H and O–H groups in total. The number of ether oxygens (including phenoxy) is 1. The Kier molecular flexibility index (Phi) is 5.64. The molecule has 1 aromatic carbocycles. The Morgan fingerprint density at radius 2 is 2.09 bits per heavy atom. The summed E-state index contributed by atoms with van der Waals surface area (Å²) in [7, 11) is 0. The molecule has 1 heterocycles. The average molecular weight is 335 g/mol. The van der Waals surface area contributed by atoms with E-state index in [1.165, 1.54) is 0 Å². The zero-order valence-corrected chi connectivity index (χ0v) is 13.6. The molecule has 0 atom stereocenters. The fourth-order valence-electron chi connectivity index (χ4n) is 1.80. The molecule has 0 saturated carbocycles. The monoisotopic (exact) mass is 335 g/mol. The van der Waals surface area contributed by atoms with E-state index in [0.29, 0.717) is 22.3 Å². The van der Waals surface area contributed by atoms with Crippen molar-refractivity contribution in [3.8, 4) is 5.75 Å². The van der Waals surface area contributed by atoms with Crippen molar-refractivity contribution >= 4 is 28.3 Å². The summed E-state index contributed by atoms with van der Waals surface area (Å²) >= 11 is 1.16. The van der Waals surface area contributed by atoms with Crippen molar-refractivity contribution in [2.24, 2.45) is 0 Å². The van der Waals surface area contributed by atoms with E-state index in [0.717, 1.165) is 22.5 Å². The normalized spacial score (nSPS) is 10.3. The molecule has 122 valence electrons. The van der Waals surface area contributed by atoms with Gasteiger partial charge >= 0.3 is 5.97 Å². The standard InChI is InChI=1S/C15H17N3O4S/c1-9-4-3-5-11(10(9)2)22-8-12(19)16-15-18-17-13(23-15)6-7-14(20)21/h3-5H,6-8H2,1-2H3,(H,20,21)(H,16,18,19). The van der Waals surface area contributed by atoms with Gasteiger partial charge in [0.15, 0.2) is 6.61 Å². The molecule has 0 bridgehead atoms. The first-order valence-electron chi connectivity index (χ1n) is 6.98. The van der Waals surface area contributed by atoms with Gasteiger partial charge in [0.05, 0.1) is 6.42 Å². The third-order valence-electron chi connectivity index (χ3n) is 3.18. The van der Waals surface area contributed by atoms with Crippen molar-refractivity contribution in [3.63, 3.8) is 0 Å². The zero-order chi connectivity index (χ0) is 16.8. The maximum atomic E-state index is 11.9. The molecule has 1 amide bonds. The second-order valence-electron chi connectivity index (χ2n) is 4.93. The minimum atomic E-state index is -0.896. The van der Waals surface area contributed by atoms with Crippen molar-refractivity contribution < 1.29 is 19.4 Å². The number of carboxylic acid groups (broad SMARTS) is 1. The third kappa shape index (κ3) is 5.03. The first-order chi connectivity index (χ1) is 11.0. The number of aliphatic carboxylic acids is 1. The van der Waals surface area contributed by atoms with Crippen LogP contribution in [0.25, 0.3) is 0 Å². The molecular formula is C15H17N3O4S. The quantitative estimate of drug-likeness (QED) is 0.804. The van der Waals surface area contributed by atoms with E-state index < -0.39 is 5.97 Å². The van der Waals surface area contributed by atoms with E-state index in [4.69, 9.17) is 9.84 Å². The zero-order valence-electron chi connectivity index (χ0n) is 12.8. The lowest BCUT2D eigenvalue weighted by molar-refractivity contribution is -0.137. The Hall–Kier alpha value is -2.48. The Morgan fingerprint density at radius 1 is 1.30 bits per heavy atom. The van der Waals surface area contributed by atoms with E-state index in [2.05, 4.69) is 15.5 Å². The van der Waals surface area contributed by atoms with Gasteiger partial charge in [-0.2, -0.15) is 0 Å².